The van der Waals surface area contributed by atoms with Gasteiger partial charge in [0, 0.05) is 19.1 Å². The molecule has 4 heteroatoms. The zero-order valence-corrected chi connectivity index (χ0v) is 12.4. The largest absolute Gasteiger partial charge is 0.468 e. The molecule has 4 nitrogen and oxygen atoms in total. The van der Waals surface area contributed by atoms with E-state index in [0.717, 1.165) is 25.3 Å². The molecule has 2 rings (SSSR count). The second-order valence-corrected chi connectivity index (χ2v) is 6.15. The summed E-state index contributed by atoms with van der Waals surface area (Å²) in [4.78, 5) is 2.40. The molecule has 1 aromatic heterocycles. The average molecular weight is 266 g/mol. The van der Waals surface area contributed by atoms with E-state index in [4.69, 9.17) is 14.9 Å². The third-order valence-electron chi connectivity index (χ3n) is 3.70. The van der Waals surface area contributed by atoms with Gasteiger partial charge in [0.25, 0.3) is 0 Å². The molecule has 0 aromatic carbocycles. The number of nitrogens with zero attached hydrogens (tertiary/aromatic N) is 1. The van der Waals surface area contributed by atoms with Crippen LogP contribution in [0.15, 0.2) is 22.8 Å². The summed E-state index contributed by atoms with van der Waals surface area (Å²) in [5.41, 5.74) is 6.19. The van der Waals surface area contributed by atoms with Crippen LogP contribution in [0.25, 0.3) is 0 Å². The Balaban J connectivity index is 2.23. The summed E-state index contributed by atoms with van der Waals surface area (Å²) in [6.45, 7) is 10.3. The number of morpholine rings is 1. The summed E-state index contributed by atoms with van der Waals surface area (Å²) in [7, 11) is 0. The fourth-order valence-electron chi connectivity index (χ4n) is 3.06. The fraction of sp³-hybridized carbons (Fsp3) is 0.733. The van der Waals surface area contributed by atoms with Gasteiger partial charge >= 0.3 is 0 Å². The molecule has 0 amide bonds. The summed E-state index contributed by atoms with van der Waals surface area (Å²) < 4.78 is 11.6. The Bertz CT molecular complexity index is 389. The number of ether oxygens (including phenoxy) is 1. The van der Waals surface area contributed by atoms with Crippen LogP contribution in [0.5, 0.6) is 0 Å². The van der Waals surface area contributed by atoms with E-state index in [1.165, 1.54) is 0 Å². The monoisotopic (exact) mass is 266 g/mol. The average Bonchev–Trinajstić information content (AvgIpc) is 2.79. The number of rotatable bonds is 4. The van der Waals surface area contributed by atoms with Gasteiger partial charge in [-0.3, -0.25) is 4.90 Å². The van der Waals surface area contributed by atoms with Crippen LogP contribution in [-0.2, 0) is 4.74 Å². The first kappa shape index (κ1) is 14.6. The fourth-order valence-corrected chi connectivity index (χ4v) is 3.06. The molecule has 0 aliphatic carbocycles. The first-order chi connectivity index (χ1) is 8.93. The quantitative estimate of drug-likeness (QED) is 0.910. The predicted octanol–water partition coefficient (Wildman–Crippen LogP) is 2.56. The predicted molar refractivity (Wildman–Crippen MR) is 75.9 cm³/mol. The molecule has 0 spiro atoms. The van der Waals surface area contributed by atoms with Crippen molar-refractivity contribution in [3.05, 3.63) is 24.2 Å². The molecule has 0 radical (unpaired) electrons. The second kappa shape index (κ2) is 5.65. The number of nitrogens with two attached hydrogens (primary N) is 1. The van der Waals surface area contributed by atoms with Gasteiger partial charge in [0.15, 0.2) is 0 Å². The minimum absolute atomic E-state index is 0.0762. The summed E-state index contributed by atoms with van der Waals surface area (Å²) in [6, 6.07) is 4.16. The molecule has 1 aromatic rings. The van der Waals surface area contributed by atoms with Crippen molar-refractivity contribution in [2.75, 3.05) is 13.1 Å². The summed E-state index contributed by atoms with van der Waals surface area (Å²) in [6.07, 6.45) is 2.86. The van der Waals surface area contributed by atoms with Crippen LogP contribution in [0.4, 0.5) is 0 Å². The molecule has 1 aliphatic rings. The zero-order valence-electron chi connectivity index (χ0n) is 12.4. The number of hydrogen-bond acceptors (Lipinski definition) is 4. The molecule has 3 unspecified atom stereocenters. The Morgan fingerprint density at radius 1 is 1.53 bits per heavy atom. The maximum atomic E-state index is 6.33. The van der Waals surface area contributed by atoms with Crippen LogP contribution in [-0.4, -0.2) is 35.7 Å². The SMILES string of the molecule is CCC(N)C(c1ccco1)N1CC(C)OC(C)(C)C1. The van der Waals surface area contributed by atoms with Crippen molar-refractivity contribution in [2.45, 2.75) is 57.9 Å². The summed E-state index contributed by atoms with van der Waals surface area (Å²) in [5, 5.41) is 0. The van der Waals surface area contributed by atoms with Crippen LogP contribution in [0.3, 0.4) is 0 Å². The van der Waals surface area contributed by atoms with Crippen LogP contribution < -0.4 is 5.73 Å². The molecule has 0 saturated carbocycles. The third-order valence-corrected chi connectivity index (χ3v) is 3.70. The van der Waals surface area contributed by atoms with Crippen molar-refractivity contribution < 1.29 is 9.15 Å². The minimum atomic E-state index is -0.143. The van der Waals surface area contributed by atoms with E-state index in [2.05, 4.69) is 32.6 Å². The summed E-state index contributed by atoms with van der Waals surface area (Å²) >= 11 is 0. The first-order valence-electron chi connectivity index (χ1n) is 7.14. The summed E-state index contributed by atoms with van der Waals surface area (Å²) in [5.74, 6) is 0.958. The van der Waals surface area contributed by atoms with Crippen molar-refractivity contribution >= 4 is 0 Å². The van der Waals surface area contributed by atoms with E-state index in [9.17, 15) is 0 Å². The Labute approximate surface area is 115 Å². The molecule has 2 heterocycles. The zero-order chi connectivity index (χ0) is 14.0. The van der Waals surface area contributed by atoms with Crippen LogP contribution in [0.1, 0.15) is 45.9 Å². The lowest BCUT2D eigenvalue weighted by molar-refractivity contribution is -0.141. The first-order valence-corrected chi connectivity index (χ1v) is 7.14. The molecule has 1 saturated heterocycles. The molecule has 1 fully saturated rings. The van der Waals surface area contributed by atoms with Crippen LogP contribution in [0, 0.1) is 0 Å². The highest BCUT2D eigenvalue weighted by Crippen LogP contribution is 2.31. The van der Waals surface area contributed by atoms with Gasteiger partial charge in [0.1, 0.15) is 5.76 Å². The van der Waals surface area contributed by atoms with Gasteiger partial charge in [-0.2, -0.15) is 0 Å². The van der Waals surface area contributed by atoms with Gasteiger partial charge in [-0.15, -0.1) is 0 Å². The molecule has 0 bridgehead atoms. The van der Waals surface area contributed by atoms with E-state index < -0.39 is 0 Å². The Morgan fingerprint density at radius 2 is 2.26 bits per heavy atom. The molecular weight excluding hydrogens is 240 g/mol. The normalized spacial score (nSPS) is 27.1. The van der Waals surface area contributed by atoms with Gasteiger partial charge < -0.3 is 14.9 Å². The minimum Gasteiger partial charge on any atom is -0.468 e. The third kappa shape index (κ3) is 3.38. The Morgan fingerprint density at radius 3 is 2.79 bits per heavy atom. The number of furan rings is 1. The van der Waals surface area contributed by atoms with E-state index >= 15 is 0 Å². The molecule has 1 aliphatic heterocycles. The van der Waals surface area contributed by atoms with Crippen molar-refractivity contribution in [1.29, 1.82) is 0 Å². The molecular formula is C15H26N2O2. The Hall–Kier alpha value is -0.840. The van der Waals surface area contributed by atoms with E-state index in [1.807, 2.05) is 12.1 Å². The molecule has 108 valence electrons. The van der Waals surface area contributed by atoms with E-state index in [0.29, 0.717) is 0 Å². The maximum absolute atomic E-state index is 6.33. The van der Waals surface area contributed by atoms with Crippen molar-refractivity contribution in [2.24, 2.45) is 5.73 Å². The van der Waals surface area contributed by atoms with Gasteiger partial charge in [-0.25, -0.2) is 0 Å². The molecule has 2 N–H and O–H groups in total. The van der Waals surface area contributed by atoms with Gasteiger partial charge in [0.2, 0.25) is 0 Å². The van der Waals surface area contributed by atoms with Gasteiger partial charge in [-0.05, 0) is 39.3 Å². The van der Waals surface area contributed by atoms with Gasteiger partial charge in [0.05, 0.1) is 24.0 Å². The van der Waals surface area contributed by atoms with E-state index in [-0.39, 0.29) is 23.8 Å². The Kier molecular flexibility index (Phi) is 4.33. The van der Waals surface area contributed by atoms with Crippen molar-refractivity contribution in [1.82, 2.24) is 4.90 Å². The van der Waals surface area contributed by atoms with Crippen LogP contribution in [0.2, 0.25) is 0 Å². The van der Waals surface area contributed by atoms with E-state index in [1.54, 1.807) is 6.26 Å². The second-order valence-electron chi connectivity index (χ2n) is 6.15. The lowest BCUT2D eigenvalue weighted by atomic mass is 9.97. The maximum Gasteiger partial charge on any atom is 0.122 e. The van der Waals surface area contributed by atoms with Crippen molar-refractivity contribution in [3.63, 3.8) is 0 Å². The lowest BCUT2D eigenvalue weighted by Gasteiger charge is -2.45. The highest BCUT2D eigenvalue weighted by atomic mass is 16.5. The molecule has 19 heavy (non-hydrogen) atoms. The van der Waals surface area contributed by atoms with Gasteiger partial charge in [-0.1, -0.05) is 6.92 Å². The van der Waals surface area contributed by atoms with Crippen LogP contribution >= 0.6 is 0 Å². The molecule has 3 atom stereocenters. The number of hydrogen-bond donors (Lipinski definition) is 1. The standard InChI is InChI=1S/C15H26N2O2/c1-5-12(16)14(13-7-6-8-18-13)17-9-11(2)19-15(3,4)10-17/h6-8,11-12,14H,5,9-10,16H2,1-4H3. The lowest BCUT2D eigenvalue weighted by Crippen LogP contribution is -2.55. The highest BCUT2D eigenvalue weighted by molar-refractivity contribution is 5.09. The highest BCUT2D eigenvalue weighted by Gasteiger charge is 2.38. The smallest absolute Gasteiger partial charge is 0.122 e. The topological polar surface area (TPSA) is 51.6 Å². The van der Waals surface area contributed by atoms with Crippen molar-refractivity contribution in [3.8, 4) is 0 Å².